The highest BCUT2D eigenvalue weighted by atomic mass is 14.3. The van der Waals surface area contributed by atoms with Gasteiger partial charge in [-0.05, 0) is 45.0 Å². The fourth-order valence-electron chi connectivity index (χ4n) is 3.04. The first-order valence-corrected chi connectivity index (χ1v) is 8.07. The molecule has 0 saturated heterocycles. The zero-order valence-corrected chi connectivity index (χ0v) is 15.0. The topological polar surface area (TPSA) is 0 Å². The highest BCUT2D eigenvalue weighted by Crippen LogP contribution is 2.39. The van der Waals surface area contributed by atoms with Gasteiger partial charge in [0.25, 0.3) is 0 Å². The van der Waals surface area contributed by atoms with Crippen molar-refractivity contribution < 1.29 is 2.74 Å². The maximum absolute atomic E-state index is 8.69. The molecule has 22 heavy (non-hydrogen) atoms. The third-order valence-electron chi connectivity index (χ3n) is 4.07. The Hall–Kier alpha value is -1.56. The summed E-state index contributed by atoms with van der Waals surface area (Å²) in [6.45, 7) is 14.3. The second kappa shape index (κ2) is 6.28. The van der Waals surface area contributed by atoms with Crippen molar-refractivity contribution in [1.29, 1.82) is 0 Å². The predicted molar refractivity (Wildman–Crippen MR) is 98.8 cm³/mol. The summed E-state index contributed by atoms with van der Waals surface area (Å²) in [6.07, 6.45) is 0. The third kappa shape index (κ3) is 3.43. The minimum absolute atomic E-state index is 0.115. The second-order valence-electron chi connectivity index (χ2n) is 7.56. The Labute approximate surface area is 139 Å². The predicted octanol–water partition coefficient (Wildman–Crippen LogP) is 6.90. The lowest BCUT2D eigenvalue weighted by molar-refractivity contribution is 0.564. The number of rotatable bonds is 3. The molecule has 0 bridgehead atoms. The lowest BCUT2D eigenvalue weighted by Gasteiger charge is -2.30. The molecule has 0 amide bonds. The van der Waals surface area contributed by atoms with E-state index in [0.717, 1.165) is 27.8 Å². The van der Waals surface area contributed by atoms with Gasteiger partial charge in [0.1, 0.15) is 0 Å². The Bertz CT molecular complexity index is 673. The maximum atomic E-state index is 8.69. The summed E-state index contributed by atoms with van der Waals surface area (Å²) in [6, 6.07) is 14.6. The SMILES string of the molecule is [2H]C(C)(C)c1cc(-c2ccccc2)cc(C([2H])(C)C)c1C(C)(C)C. The molecule has 0 aliphatic carbocycles. The maximum Gasteiger partial charge on any atom is 0.0347 e. The van der Waals surface area contributed by atoms with E-state index in [-0.39, 0.29) is 5.41 Å². The summed E-state index contributed by atoms with van der Waals surface area (Å²) in [5.41, 5.74) is 5.29. The van der Waals surface area contributed by atoms with E-state index in [9.17, 15) is 0 Å². The van der Waals surface area contributed by atoms with Gasteiger partial charge in [0, 0.05) is 2.74 Å². The molecule has 0 atom stereocenters. The summed E-state index contributed by atoms with van der Waals surface area (Å²) in [5, 5.41) is 0. The van der Waals surface area contributed by atoms with Gasteiger partial charge in [-0.2, -0.15) is 0 Å². The monoisotopic (exact) mass is 296 g/mol. The van der Waals surface area contributed by atoms with Gasteiger partial charge < -0.3 is 0 Å². The van der Waals surface area contributed by atoms with Crippen molar-refractivity contribution in [2.75, 3.05) is 0 Å². The van der Waals surface area contributed by atoms with E-state index in [2.05, 4.69) is 45.0 Å². The van der Waals surface area contributed by atoms with E-state index in [4.69, 9.17) is 2.74 Å². The molecule has 0 heteroatoms. The summed E-state index contributed by atoms with van der Waals surface area (Å²) in [7, 11) is 0. The van der Waals surface area contributed by atoms with Crippen molar-refractivity contribution in [3.8, 4) is 11.1 Å². The summed E-state index contributed by atoms with van der Waals surface area (Å²) >= 11 is 0. The Morgan fingerprint density at radius 1 is 0.773 bits per heavy atom. The van der Waals surface area contributed by atoms with Crippen LogP contribution < -0.4 is 0 Å². The minimum Gasteiger partial charge on any atom is -0.0622 e. The molecule has 0 saturated carbocycles. The number of benzene rings is 2. The molecule has 0 N–H and O–H groups in total. The number of hydrogen-bond acceptors (Lipinski definition) is 0. The van der Waals surface area contributed by atoms with Gasteiger partial charge in [-0.3, -0.25) is 0 Å². The molecule has 0 aromatic heterocycles. The Morgan fingerprint density at radius 2 is 1.23 bits per heavy atom. The molecule has 0 fully saturated rings. The zero-order chi connectivity index (χ0) is 18.3. The summed E-state index contributed by atoms with van der Waals surface area (Å²) in [4.78, 5) is 0. The van der Waals surface area contributed by atoms with Crippen molar-refractivity contribution in [3.05, 3.63) is 59.2 Å². The molecule has 0 aliphatic rings. The Morgan fingerprint density at radius 3 is 1.59 bits per heavy atom. The highest BCUT2D eigenvalue weighted by Gasteiger charge is 2.25. The van der Waals surface area contributed by atoms with Crippen molar-refractivity contribution in [3.63, 3.8) is 0 Å². The molecule has 2 rings (SSSR count). The van der Waals surface area contributed by atoms with Crippen LogP contribution in [0.25, 0.3) is 11.1 Å². The van der Waals surface area contributed by atoms with Gasteiger partial charge in [-0.15, -0.1) is 0 Å². The smallest absolute Gasteiger partial charge is 0.0347 e. The lowest BCUT2D eigenvalue weighted by Crippen LogP contribution is -2.19. The zero-order valence-electron chi connectivity index (χ0n) is 17.0. The van der Waals surface area contributed by atoms with Crippen LogP contribution in [0.5, 0.6) is 0 Å². The van der Waals surface area contributed by atoms with Crippen LogP contribution in [0.1, 0.15) is 79.7 Å². The van der Waals surface area contributed by atoms with E-state index < -0.39 is 11.8 Å². The van der Waals surface area contributed by atoms with Crippen LogP contribution in [0.2, 0.25) is 0 Å². The van der Waals surface area contributed by atoms with Gasteiger partial charge in [-0.1, -0.05) is 90.9 Å². The van der Waals surface area contributed by atoms with Crippen molar-refractivity contribution in [2.45, 2.75) is 65.7 Å². The molecule has 2 aromatic carbocycles. The van der Waals surface area contributed by atoms with Crippen LogP contribution in [0.3, 0.4) is 0 Å². The average molecular weight is 296 g/mol. The van der Waals surface area contributed by atoms with Crippen LogP contribution in [0, 0.1) is 0 Å². The summed E-state index contributed by atoms with van der Waals surface area (Å²) in [5.74, 6) is -1.43. The van der Waals surface area contributed by atoms with E-state index in [1.54, 1.807) is 0 Å². The first kappa shape index (κ1) is 14.1. The Balaban J connectivity index is 2.90. The number of hydrogen-bond donors (Lipinski definition) is 0. The molecule has 0 nitrogen and oxygen atoms in total. The van der Waals surface area contributed by atoms with Crippen molar-refractivity contribution in [2.24, 2.45) is 0 Å². The molecule has 0 aliphatic heterocycles. The van der Waals surface area contributed by atoms with E-state index in [0.29, 0.717) is 0 Å². The van der Waals surface area contributed by atoms with Gasteiger partial charge >= 0.3 is 0 Å². The van der Waals surface area contributed by atoms with Crippen molar-refractivity contribution >= 4 is 0 Å². The second-order valence-corrected chi connectivity index (χ2v) is 7.56. The lowest BCUT2D eigenvalue weighted by atomic mass is 9.74. The minimum atomic E-state index is -0.715. The molecule has 0 radical (unpaired) electrons. The highest BCUT2D eigenvalue weighted by molar-refractivity contribution is 5.67. The van der Waals surface area contributed by atoms with Crippen molar-refractivity contribution in [1.82, 2.24) is 0 Å². The van der Waals surface area contributed by atoms with Gasteiger partial charge in [0.15, 0.2) is 0 Å². The average Bonchev–Trinajstić information content (AvgIpc) is 2.44. The standard InChI is InChI=1S/C22H30/c1-15(2)19-13-18(17-11-9-8-10-12-17)14-20(16(3)4)21(19)22(5,6)7/h8-16H,1-7H3/i15D,16D. The molecule has 118 valence electrons. The van der Waals surface area contributed by atoms with E-state index >= 15 is 0 Å². The van der Waals surface area contributed by atoms with Crippen LogP contribution >= 0.6 is 0 Å². The molecule has 0 spiro atoms. The van der Waals surface area contributed by atoms with E-state index in [1.807, 2.05) is 45.9 Å². The van der Waals surface area contributed by atoms with Gasteiger partial charge in [0.2, 0.25) is 0 Å². The van der Waals surface area contributed by atoms with Gasteiger partial charge in [0.05, 0.1) is 0 Å². The molecule has 0 heterocycles. The van der Waals surface area contributed by atoms with Gasteiger partial charge in [-0.25, -0.2) is 0 Å². The normalized spacial score (nSPS) is 14.5. The molecular weight excluding hydrogens is 264 g/mol. The first-order valence-electron chi connectivity index (χ1n) is 9.07. The van der Waals surface area contributed by atoms with Crippen LogP contribution in [0.4, 0.5) is 0 Å². The van der Waals surface area contributed by atoms with Crippen LogP contribution in [-0.2, 0) is 5.41 Å². The molecular formula is C22H30. The molecule has 0 unspecified atom stereocenters. The fraction of sp³-hybridized carbons (Fsp3) is 0.455. The molecule has 2 aromatic rings. The summed E-state index contributed by atoms with van der Waals surface area (Å²) < 4.78 is 17.4. The Kier molecular flexibility index (Phi) is 4.01. The third-order valence-corrected chi connectivity index (χ3v) is 4.07. The quantitative estimate of drug-likeness (QED) is 0.578. The van der Waals surface area contributed by atoms with Crippen LogP contribution in [-0.4, -0.2) is 0 Å². The van der Waals surface area contributed by atoms with E-state index in [1.165, 1.54) is 0 Å². The fourth-order valence-corrected chi connectivity index (χ4v) is 3.04. The largest absolute Gasteiger partial charge is 0.0622 e. The first-order chi connectivity index (χ1) is 10.8. The van der Waals surface area contributed by atoms with Crippen LogP contribution in [0.15, 0.2) is 42.5 Å².